The molecule has 0 unspecified atom stereocenters. The molecule has 1 aliphatic heterocycles. The number of nitrogens with zero attached hydrogens (tertiary/aromatic N) is 1. The molecule has 1 aromatic carbocycles. The van der Waals surface area contributed by atoms with Crippen LogP contribution in [0, 0.1) is 11.8 Å². The maximum atomic E-state index is 5.73. The molecule has 0 amide bonds. The highest BCUT2D eigenvalue weighted by molar-refractivity contribution is 5.38. The lowest BCUT2D eigenvalue weighted by molar-refractivity contribution is 0.263. The molecule has 19 heavy (non-hydrogen) atoms. The summed E-state index contributed by atoms with van der Waals surface area (Å²) in [4.78, 5) is 2.51. The van der Waals surface area contributed by atoms with Crippen molar-refractivity contribution in [2.45, 2.75) is 19.3 Å². The Bertz CT molecular complexity index is 424. The fourth-order valence-corrected chi connectivity index (χ4v) is 2.27. The zero-order chi connectivity index (χ0) is 13.3. The van der Waals surface area contributed by atoms with Crippen molar-refractivity contribution in [3.63, 3.8) is 0 Å². The van der Waals surface area contributed by atoms with E-state index in [4.69, 9.17) is 10.5 Å². The van der Waals surface area contributed by atoms with Crippen LogP contribution >= 0.6 is 0 Å². The molecule has 0 aromatic heterocycles. The van der Waals surface area contributed by atoms with Crippen LogP contribution in [-0.4, -0.2) is 37.7 Å². The molecular formula is C16H22N2O. The summed E-state index contributed by atoms with van der Waals surface area (Å²) in [7, 11) is 0. The summed E-state index contributed by atoms with van der Waals surface area (Å²) in [5.41, 5.74) is 6.32. The number of likely N-dealkylation sites (tertiary alicyclic amines) is 1. The number of rotatable bonds is 5. The first-order valence-electron chi connectivity index (χ1n) is 7.02. The topological polar surface area (TPSA) is 38.5 Å². The number of benzene rings is 1. The summed E-state index contributed by atoms with van der Waals surface area (Å²) < 4.78 is 5.73. The van der Waals surface area contributed by atoms with Gasteiger partial charge in [0.1, 0.15) is 5.75 Å². The molecule has 3 nitrogen and oxygen atoms in total. The molecule has 0 radical (unpaired) electrons. The quantitative estimate of drug-likeness (QED) is 0.647. The predicted molar refractivity (Wildman–Crippen MR) is 78.2 cm³/mol. The molecule has 1 heterocycles. The van der Waals surface area contributed by atoms with Crippen molar-refractivity contribution in [2.24, 2.45) is 5.73 Å². The van der Waals surface area contributed by atoms with Crippen LogP contribution < -0.4 is 10.5 Å². The lowest BCUT2D eigenvalue weighted by Crippen LogP contribution is -2.21. The Kier molecular flexibility index (Phi) is 5.74. The van der Waals surface area contributed by atoms with Gasteiger partial charge >= 0.3 is 0 Å². The fourth-order valence-electron chi connectivity index (χ4n) is 2.27. The van der Waals surface area contributed by atoms with Crippen molar-refractivity contribution in [1.29, 1.82) is 0 Å². The van der Waals surface area contributed by atoms with Gasteiger partial charge in [0.05, 0.1) is 13.2 Å². The maximum Gasteiger partial charge on any atom is 0.119 e. The third kappa shape index (κ3) is 4.94. The summed E-state index contributed by atoms with van der Waals surface area (Å²) in [6, 6.07) is 7.88. The van der Waals surface area contributed by atoms with Crippen LogP contribution in [0.2, 0.25) is 0 Å². The highest BCUT2D eigenvalue weighted by Crippen LogP contribution is 2.12. The lowest BCUT2D eigenvalue weighted by atomic mass is 10.2. The van der Waals surface area contributed by atoms with Crippen molar-refractivity contribution in [3.05, 3.63) is 29.8 Å². The van der Waals surface area contributed by atoms with E-state index in [9.17, 15) is 0 Å². The normalized spacial score (nSPS) is 15.0. The molecule has 0 saturated carbocycles. The minimum Gasteiger partial charge on any atom is -0.494 e. The first kappa shape index (κ1) is 13.9. The van der Waals surface area contributed by atoms with Gasteiger partial charge in [-0.05, 0) is 56.6 Å². The van der Waals surface area contributed by atoms with E-state index < -0.39 is 0 Å². The summed E-state index contributed by atoms with van der Waals surface area (Å²) >= 11 is 0. The van der Waals surface area contributed by atoms with Gasteiger partial charge in [-0.25, -0.2) is 0 Å². The van der Waals surface area contributed by atoms with Crippen molar-refractivity contribution in [2.75, 3.05) is 32.8 Å². The van der Waals surface area contributed by atoms with E-state index in [2.05, 4.69) is 16.7 Å². The minimum atomic E-state index is 0.398. The van der Waals surface area contributed by atoms with E-state index in [1.807, 2.05) is 24.3 Å². The first-order valence-corrected chi connectivity index (χ1v) is 7.02. The summed E-state index contributed by atoms with van der Waals surface area (Å²) in [6.07, 6.45) is 3.80. The molecule has 1 saturated heterocycles. The largest absolute Gasteiger partial charge is 0.494 e. The number of hydrogen-bond acceptors (Lipinski definition) is 3. The zero-order valence-corrected chi connectivity index (χ0v) is 11.4. The van der Waals surface area contributed by atoms with Gasteiger partial charge in [0, 0.05) is 12.1 Å². The van der Waals surface area contributed by atoms with E-state index in [0.717, 1.165) is 30.9 Å². The minimum absolute atomic E-state index is 0.398. The summed E-state index contributed by atoms with van der Waals surface area (Å²) in [5.74, 6) is 6.75. The summed E-state index contributed by atoms with van der Waals surface area (Å²) in [5, 5.41) is 0. The first-order chi connectivity index (χ1) is 9.38. The van der Waals surface area contributed by atoms with Gasteiger partial charge in [0.2, 0.25) is 0 Å². The van der Waals surface area contributed by atoms with Gasteiger partial charge in [0.25, 0.3) is 0 Å². The van der Waals surface area contributed by atoms with E-state index in [1.165, 1.54) is 25.9 Å². The third-order valence-corrected chi connectivity index (χ3v) is 3.28. The van der Waals surface area contributed by atoms with E-state index in [1.54, 1.807) is 0 Å². The predicted octanol–water partition coefficient (Wildman–Crippen LogP) is 1.86. The molecular weight excluding hydrogens is 236 g/mol. The summed E-state index contributed by atoms with van der Waals surface area (Å²) in [6.45, 7) is 4.85. The zero-order valence-electron chi connectivity index (χ0n) is 11.4. The Balaban J connectivity index is 1.67. The van der Waals surface area contributed by atoms with Crippen LogP contribution in [0.1, 0.15) is 24.8 Å². The maximum absolute atomic E-state index is 5.73. The van der Waals surface area contributed by atoms with Crippen LogP contribution in [-0.2, 0) is 0 Å². The molecule has 0 spiro atoms. The molecule has 102 valence electrons. The second-order valence-electron chi connectivity index (χ2n) is 4.78. The lowest BCUT2D eigenvalue weighted by Gasteiger charge is -2.14. The average Bonchev–Trinajstić information content (AvgIpc) is 2.96. The molecule has 1 fully saturated rings. The molecule has 0 bridgehead atoms. The van der Waals surface area contributed by atoms with Crippen LogP contribution in [0.15, 0.2) is 24.3 Å². The number of ether oxygens (including phenoxy) is 1. The van der Waals surface area contributed by atoms with Gasteiger partial charge in [-0.3, -0.25) is 0 Å². The van der Waals surface area contributed by atoms with E-state index in [0.29, 0.717) is 6.54 Å². The average molecular weight is 258 g/mol. The molecule has 1 aliphatic rings. The van der Waals surface area contributed by atoms with Gasteiger partial charge < -0.3 is 15.4 Å². The van der Waals surface area contributed by atoms with Crippen LogP contribution in [0.4, 0.5) is 0 Å². The van der Waals surface area contributed by atoms with Gasteiger partial charge in [-0.15, -0.1) is 0 Å². The van der Waals surface area contributed by atoms with Crippen LogP contribution in [0.25, 0.3) is 0 Å². The Labute approximate surface area is 115 Å². The number of nitrogens with two attached hydrogens (primary N) is 1. The molecule has 3 heteroatoms. The van der Waals surface area contributed by atoms with E-state index >= 15 is 0 Å². The van der Waals surface area contributed by atoms with E-state index in [-0.39, 0.29) is 0 Å². The second-order valence-corrected chi connectivity index (χ2v) is 4.78. The third-order valence-electron chi connectivity index (χ3n) is 3.28. The monoisotopic (exact) mass is 258 g/mol. The Morgan fingerprint density at radius 2 is 1.89 bits per heavy atom. The van der Waals surface area contributed by atoms with Gasteiger partial charge in [-0.2, -0.15) is 0 Å². The Morgan fingerprint density at radius 3 is 2.58 bits per heavy atom. The fraction of sp³-hybridized carbons (Fsp3) is 0.500. The molecule has 2 N–H and O–H groups in total. The second kappa shape index (κ2) is 7.83. The molecule has 0 aliphatic carbocycles. The van der Waals surface area contributed by atoms with Crippen molar-refractivity contribution < 1.29 is 4.74 Å². The van der Waals surface area contributed by atoms with Crippen LogP contribution in [0.3, 0.4) is 0 Å². The highest BCUT2D eigenvalue weighted by Gasteiger charge is 2.10. The van der Waals surface area contributed by atoms with Crippen LogP contribution in [0.5, 0.6) is 5.75 Å². The highest BCUT2D eigenvalue weighted by atomic mass is 16.5. The number of hydrogen-bond donors (Lipinski definition) is 1. The SMILES string of the molecule is NCC#Cc1ccc(OCCCN2CCCC2)cc1. The van der Waals surface area contributed by atoms with Gasteiger partial charge in [-0.1, -0.05) is 11.8 Å². The van der Waals surface area contributed by atoms with Gasteiger partial charge in [0.15, 0.2) is 0 Å². The standard InChI is InChI=1S/C16H22N2O/c17-10-3-5-15-6-8-16(9-7-15)19-14-4-13-18-11-1-2-12-18/h6-9H,1-2,4,10-14,17H2. The van der Waals surface area contributed by atoms with Crippen molar-refractivity contribution >= 4 is 0 Å². The molecule has 0 atom stereocenters. The molecule has 2 rings (SSSR count). The van der Waals surface area contributed by atoms with Crippen molar-refractivity contribution in [3.8, 4) is 17.6 Å². The Morgan fingerprint density at radius 1 is 1.16 bits per heavy atom. The van der Waals surface area contributed by atoms with Crippen molar-refractivity contribution in [1.82, 2.24) is 4.90 Å². The Hall–Kier alpha value is -1.50. The molecule has 1 aromatic rings. The smallest absolute Gasteiger partial charge is 0.119 e.